The summed E-state index contributed by atoms with van der Waals surface area (Å²) in [7, 11) is 0. The van der Waals surface area contributed by atoms with Gasteiger partial charge in [-0.3, -0.25) is 4.79 Å². The Kier molecular flexibility index (Phi) is 10.1. The minimum Gasteiger partial charge on any atom is -0.481 e. The lowest BCUT2D eigenvalue weighted by atomic mass is 9.84. The molecule has 158 valence electrons. The number of hydrogen-bond donors (Lipinski definition) is 4. The molecule has 1 unspecified atom stereocenters. The van der Waals surface area contributed by atoms with E-state index in [0.29, 0.717) is 12.8 Å². The second-order valence-corrected chi connectivity index (χ2v) is 9.00. The van der Waals surface area contributed by atoms with Gasteiger partial charge in [-0.1, -0.05) is 44.9 Å². The van der Waals surface area contributed by atoms with E-state index in [4.69, 9.17) is 5.11 Å². The van der Waals surface area contributed by atoms with Gasteiger partial charge in [-0.25, -0.2) is 0 Å². The van der Waals surface area contributed by atoms with Crippen molar-refractivity contribution in [3.05, 3.63) is 0 Å². The molecule has 4 N–H and O–H groups in total. The monoisotopic (exact) mass is 384 g/mol. The number of aliphatic carboxylic acids is 1. The Morgan fingerprint density at radius 3 is 2.11 bits per heavy atom. The third kappa shape index (κ3) is 8.08. The van der Waals surface area contributed by atoms with Crippen molar-refractivity contribution in [2.45, 2.75) is 115 Å². The molecule has 0 heterocycles. The molecule has 0 radical (unpaired) electrons. The number of carboxylic acids is 1. The van der Waals surface area contributed by atoms with Crippen LogP contribution in [0.4, 0.5) is 0 Å². The lowest BCUT2D eigenvalue weighted by Crippen LogP contribution is -2.24. The third-order valence-corrected chi connectivity index (χ3v) is 6.92. The second-order valence-electron chi connectivity index (χ2n) is 9.00. The molecular formula is C22H40O5. The summed E-state index contributed by atoms with van der Waals surface area (Å²) in [5, 5.41) is 39.7. The quantitative estimate of drug-likeness (QED) is 0.361. The van der Waals surface area contributed by atoms with Crippen molar-refractivity contribution in [1.29, 1.82) is 0 Å². The van der Waals surface area contributed by atoms with E-state index >= 15 is 0 Å². The van der Waals surface area contributed by atoms with Crippen LogP contribution in [-0.2, 0) is 4.79 Å². The summed E-state index contributed by atoms with van der Waals surface area (Å²) in [6.45, 7) is 0. The third-order valence-electron chi connectivity index (χ3n) is 6.92. The van der Waals surface area contributed by atoms with Crippen LogP contribution in [0.3, 0.4) is 0 Å². The van der Waals surface area contributed by atoms with Crippen LogP contribution in [-0.4, -0.2) is 44.7 Å². The van der Waals surface area contributed by atoms with Gasteiger partial charge in [0.05, 0.1) is 18.3 Å². The first-order chi connectivity index (χ1) is 13.0. The molecule has 0 aromatic rings. The fraction of sp³-hybridized carbons (Fsp3) is 0.955. The molecular weight excluding hydrogens is 344 g/mol. The molecule has 2 aliphatic carbocycles. The Labute approximate surface area is 164 Å². The summed E-state index contributed by atoms with van der Waals surface area (Å²) in [4.78, 5) is 10.5. The molecule has 0 amide bonds. The average Bonchev–Trinajstić information content (AvgIpc) is 3.22. The fourth-order valence-electron chi connectivity index (χ4n) is 5.25. The maximum atomic E-state index is 10.5. The number of carboxylic acid groups (broad SMARTS) is 1. The normalized spacial score (nSPS) is 30.0. The molecule has 0 aromatic carbocycles. The van der Waals surface area contributed by atoms with Gasteiger partial charge < -0.3 is 20.4 Å². The van der Waals surface area contributed by atoms with Crippen molar-refractivity contribution in [1.82, 2.24) is 0 Å². The molecule has 2 saturated carbocycles. The summed E-state index contributed by atoms with van der Waals surface area (Å²) >= 11 is 0. The van der Waals surface area contributed by atoms with Gasteiger partial charge in [-0.05, 0) is 62.7 Å². The van der Waals surface area contributed by atoms with Crippen molar-refractivity contribution in [3.8, 4) is 0 Å². The summed E-state index contributed by atoms with van der Waals surface area (Å²) in [6, 6.07) is 0. The van der Waals surface area contributed by atoms with E-state index in [1.807, 2.05) is 0 Å². The highest BCUT2D eigenvalue weighted by Crippen LogP contribution is 2.39. The summed E-state index contributed by atoms with van der Waals surface area (Å²) in [5.74, 6) is 0.255. The lowest BCUT2D eigenvalue weighted by Gasteiger charge is -2.25. The number of rotatable bonds is 13. The van der Waals surface area contributed by atoms with E-state index in [0.717, 1.165) is 57.3 Å². The molecule has 2 fully saturated rings. The van der Waals surface area contributed by atoms with Crippen molar-refractivity contribution in [2.75, 3.05) is 0 Å². The molecule has 0 spiro atoms. The molecule has 0 aromatic heterocycles. The Bertz CT molecular complexity index is 421. The second kappa shape index (κ2) is 12.0. The fourth-order valence-corrected chi connectivity index (χ4v) is 5.25. The summed E-state index contributed by atoms with van der Waals surface area (Å²) < 4.78 is 0. The van der Waals surface area contributed by atoms with Crippen LogP contribution in [0.1, 0.15) is 96.3 Å². The first-order valence-electron chi connectivity index (χ1n) is 11.2. The largest absolute Gasteiger partial charge is 0.481 e. The SMILES string of the molecule is O=C(O)CCCCCC[C@@H]1[C@@H](CCC(O)CCC2CCCC2)[C@H](O)C[C@@H]1O. The maximum absolute atomic E-state index is 10.5. The Balaban J connectivity index is 1.65. The van der Waals surface area contributed by atoms with Gasteiger partial charge in [0.25, 0.3) is 0 Å². The highest BCUT2D eigenvalue weighted by molar-refractivity contribution is 5.66. The van der Waals surface area contributed by atoms with Crippen LogP contribution in [0.5, 0.6) is 0 Å². The van der Waals surface area contributed by atoms with Crippen LogP contribution in [0.25, 0.3) is 0 Å². The highest BCUT2D eigenvalue weighted by Gasteiger charge is 2.40. The van der Waals surface area contributed by atoms with Crippen molar-refractivity contribution in [3.63, 3.8) is 0 Å². The Morgan fingerprint density at radius 2 is 1.44 bits per heavy atom. The van der Waals surface area contributed by atoms with E-state index in [-0.39, 0.29) is 24.4 Å². The minimum absolute atomic E-state index is 0.0835. The van der Waals surface area contributed by atoms with E-state index in [1.54, 1.807) is 0 Å². The van der Waals surface area contributed by atoms with E-state index in [2.05, 4.69) is 0 Å². The smallest absolute Gasteiger partial charge is 0.303 e. The number of hydrogen-bond acceptors (Lipinski definition) is 4. The van der Waals surface area contributed by atoms with Gasteiger partial charge >= 0.3 is 5.97 Å². The van der Waals surface area contributed by atoms with Crippen molar-refractivity contribution < 1.29 is 25.2 Å². The molecule has 0 bridgehead atoms. The highest BCUT2D eigenvalue weighted by atomic mass is 16.4. The van der Waals surface area contributed by atoms with Gasteiger partial charge in [0.2, 0.25) is 0 Å². The van der Waals surface area contributed by atoms with Crippen LogP contribution in [0, 0.1) is 17.8 Å². The molecule has 0 aliphatic heterocycles. The topological polar surface area (TPSA) is 98.0 Å². The van der Waals surface area contributed by atoms with Gasteiger partial charge in [0.1, 0.15) is 0 Å². The van der Waals surface area contributed by atoms with E-state index < -0.39 is 18.2 Å². The maximum Gasteiger partial charge on any atom is 0.303 e. The molecule has 5 heteroatoms. The first-order valence-corrected chi connectivity index (χ1v) is 11.2. The standard InChI is InChI=1S/C22H40O5/c23-17(12-11-16-7-5-6-8-16)13-14-19-18(20(24)15-21(19)25)9-3-1-2-4-10-22(26)27/h16-21,23-25H,1-15H2,(H,26,27)/t17?,18-,19-,20+,21-/m1/s1. The first kappa shape index (κ1) is 22.6. The molecule has 2 aliphatic rings. The van der Waals surface area contributed by atoms with Crippen LogP contribution < -0.4 is 0 Å². The average molecular weight is 385 g/mol. The zero-order chi connectivity index (χ0) is 19.6. The van der Waals surface area contributed by atoms with E-state index in [9.17, 15) is 20.1 Å². The Morgan fingerprint density at radius 1 is 0.852 bits per heavy atom. The van der Waals surface area contributed by atoms with Crippen molar-refractivity contribution >= 4 is 5.97 Å². The molecule has 2 rings (SSSR count). The van der Waals surface area contributed by atoms with Crippen LogP contribution in [0.15, 0.2) is 0 Å². The Hall–Kier alpha value is -0.650. The zero-order valence-corrected chi connectivity index (χ0v) is 16.8. The number of unbranched alkanes of at least 4 members (excludes halogenated alkanes) is 3. The zero-order valence-electron chi connectivity index (χ0n) is 16.8. The van der Waals surface area contributed by atoms with Gasteiger partial charge in [0, 0.05) is 6.42 Å². The summed E-state index contributed by atoms with van der Waals surface area (Å²) in [6.07, 6.45) is 12.7. The van der Waals surface area contributed by atoms with Crippen LogP contribution in [0.2, 0.25) is 0 Å². The van der Waals surface area contributed by atoms with Gasteiger partial charge in [-0.2, -0.15) is 0 Å². The predicted molar refractivity (Wildman–Crippen MR) is 105 cm³/mol. The number of aliphatic hydroxyl groups excluding tert-OH is 3. The molecule has 5 nitrogen and oxygen atoms in total. The van der Waals surface area contributed by atoms with Gasteiger partial charge in [0.15, 0.2) is 0 Å². The molecule has 5 atom stereocenters. The summed E-state index contributed by atoms with van der Waals surface area (Å²) in [5.41, 5.74) is 0. The molecule has 27 heavy (non-hydrogen) atoms. The molecule has 0 saturated heterocycles. The van der Waals surface area contributed by atoms with Crippen molar-refractivity contribution in [2.24, 2.45) is 17.8 Å². The van der Waals surface area contributed by atoms with Crippen LogP contribution >= 0.6 is 0 Å². The van der Waals surface area contributed by atoms with Gasteiger partial charge in [-0.15, -0.1) is 0 Å². The number of aliphatic hydroxyl groups is 3. The van der Waals surface area contributed by atoms with E-state index in [1.165, 1.54) is 25.7 Å². The minimum atomic E-state index is -0.740. The lowest BCUT2D eigenvalue weighted by molar-refractivity contribution is -0.137. The number of carbonyl (C=O) groups is 1. The predicted octanol–water partition coefficient (Wildman–Crippen LogP) is 3.88.